The van der Waals surface area contributed by atoms with Crippen molar-refractivity contribution in [2.45, 2.75) is 51.5 Å². The number of unbranched alkanes of at least 4 members (excludes halogenated alkanes) is 2. The van der Waals surface area contributed by atoms with E-state index in [4.69, 9.17) is 0 Å². The second kappa shape index (κ2) is 13.6. The van der Waals surface area contributed by atoms with Gasteiger partial charge in [0.15, 0.2) is 5.96 Å². The molecule has 0 amide bonds. The van der Waals surface area contributed by atoms with E-state index in [0.717, 1.165) is 44.9 Å². The first-order valence-corrected chi connectivity index (χ1v) is 10.0. The van der Waals surface area contributed by atoms with Crippen LogP contribution in [-0.4, -0.2) is 45.7 Å². The molecule has 1 atom stereocenters. The Kier molecular flexibility index (Phi) is 11.9. The average Bonchev–Trinajstić information content (AvgIpc) is 3.24. The van der Waals surface area contributed by atoms with Crippen LogP contribution in [0.2, 0.25) is 0 Å². The lowest BCUT2D eigenvalue weighted by Gasteiger charge is -2.22. The third kappa shape index (κ3) is 8.24. The Hall–Kier alpha value is -1.51. The molecule has 7 heteroatoms. The Morgan fingerprint density at radius 2 is 2.00 bits per heavy atom. The number of carbonyl (C=O) groups is 1. The number of guanidine groups is 1. The third-order valence-electron chi connectivity index (χ3n) is 5.00. The largest absolute Gasteiger partial charge is 0.469 e. The zero-order valence-electron chi connectivity index (χ0n) is 17.4. The Balaban J connectivity index is 0.00000392. The average molecular weight is 502 g/mol. The van der Waals surface area contributed by atoms with Gasteiger partial charge in [0.25, 0.3) is 0 Å². The summed E-state index contributed by atoms with van der Waals surface area (Å²) in [6.07, 6.45) is 5.92. The molecule has 0 bridgehead atoms. The monoisotopic (exact) mass is 502 g/mol. The van der Waals surface area contributed by atoms with Gasteiger partial charge in [-0.2, -0.15) is 0 Å². The second-order valence-corrected chi connectivity index (χ2v) is 7.04. The third-order valence-corrected chi connectivity index (χ3v) is 5.00. The molecule has 0 aromatic heterocycles. The fourth-order valence-corrected chi connectivity index (χ4v) is 3.33. The minimum atomic E-state index is -0.134. The maximum absolute atomic E-state index is 11.1. The standard InChI is InChI=1S/C21H34N4O2.HI/c1-17(18-10-9-11-19(16-18)25-14-7-8-15-25)24-21(22-2)23-13-6-4-5-12-20(26)27-3;/h9-11,16-17H,4-8,12-15H2,1-3H3,(H2,22,23,24);1H. The van der Waals surface area contributed by atoms with Gasteiger partial charge in [-0.25, -0.2) is 0 Å². The van der Waals surface area contributed by atoms with Gasteiger partial charge in [0.1, 0.15) is 0 Å². The van der Waals surface area contributed by atoms with Crippen molar-refractivity contribution in [2.24, 2.45) is 4.99 Å². The molecule has 1 heterocycles. The topological polar surface area (TPSA) is 66.0 Å². The first-order chi connectivity index (χ1) is 13.1. The molecule has 6 nitrogen and oxygen atoms in total. The van der Waals surface area contributed by atoms with E-state index in [0.29, 0.717) is 6.42 Å². The molecule has 1 aromatic carbocycles. The highest BCUT2D eigenvalue weighted by Crippen LogP contribution is 2.23. The van der Waals surface area contributed by atoms with Crippen molar-refractivity contribution in [3.8, 4) is 0 Å². The predicted molar refractivity (Wildman–Crippen MR) is 127 cm³/mol. The van der Waals surface area contributed by atoms with E-state index in [1.165, 1.54) is 31.2 Å². The number of carbonyl (C=O) groups excluding carboxylic acids is 1. The van der Waals surface area contributed by atoms with Crippen LogP contribution in [0.15, 0.2) is 29.3 Å². The number of esters is 1. The van der Waals surface area contributed by atoms with E-state index in [1.807, 2.05) is 0 Å². The zero-order chi connectivity index (χ0) is 19.5. The summed E-state index contributed by atoms with van der Waals surface area (Å²) >= 11 is 0. The van der Waals surface area contributed by atoms with E-state index < -0.39 is 0 Å². The lowest BCUT2D eigenvalue weighted by molar-refractivity contribution is -0.140. The summed E-state index contributed by atoms with van der Waals surface area (Å²) in [6.45, 7) is 5.31. The van der Waals surface area contributed by atoms with Crippen LogP contribution in [0, 0.1) is 0 Å². The highest BCUT2D eigenvalue weighted by atomic mass is 127. The van der Waals surface area contributed by atoms with E-state index in [2.05, 4.69) is 56.5 Å². The summed E-state index contributed by atoms with van der Waals surface area (Å²) in [5.41, 5.74) is 2.58. The van der Waals surface area contributed by atoms with Crippen molar-refractivity contribution in [3.05, 3.63) is 29.8 Å². The van der Waals surface area contributed by atoms with E-state index in [-0.39, 0.29) is 36.0 Å². The Bertz CT molecular complexity index is 618. The van der Waals surface area contributed by atoms with E-state index >= 15 is 0 Å². The van der Waals surface area contributed by atoms with E-state index in [1.54, 1.807) is 7.05 Å². The number of nitrogens with one attached hydrogen (secondary N) is 2. The van der Waals surface area contributed by atoms with Gasteiger partial charge < -0.3 is 20.3 Å². The highest BCUT2D eigenvalue weighted by molar-refractivity contribution is 14.0. The summed E-state index contributed by atoms with van der Waals surface area (Å²) in [5.74, 6) is 0.674. The molecular formula is C21H35IN4O2. The molecule has 1 aromatic rings. The van der Waals surface area contributed by atoms with Gasteiger partial charge in [0.05, 0.1) is 13.2 Å². The SMILES string of the molecule is CN=C(NCCCCCC(=O)OC)NC(C)c1cccc(N2CCCC2)c1.I. The van der Waals surface area contributed by atoms with Crippen LogP contribution in [-0.2, 0) is 9.53 Å². The Morgan fingerprint density at radius 1 is 1.25 bits per heavy atom. The van der Waals surface area contributed by atoms with Crippen molar-refractivity contribution >= 4 is 41.6 Å². The first kappa shape index (κ1) is 24.5. The normalized spacial score (nSPS) is 15.0. The molecule has 2 rings (SSSR count). The van der Waals surface area contributed by atoms with Crippen molar-refractivity contribution in [1.82, 2.24) is 10.6 Å². The Labute approximate surface area is 186 Å². The molecule has 1 aliphatic rings. The minimum absolute atomic E-state index is 0. The maximum atomic E-state index is 11.1. The molecule has 0 aliphatic carbocycles. The van der Waals surface area contributed by atoms with Crippen molar-refractivity contribution in [2.75, 3.05) is 38.7 Å². The molecular weight excluding hydrogens is 467 g/mol. The quantitative estimate of drug-likeness (QED) is 0.177. The predicted octanol–water partition coefficient (Wildman–Crippen LogP) is 3.86. The number of anilines is 1. The molecule has 1 saturated heterocycles. The molecule has 1 fully saturated rings. The van der Waals surface area contributed by atoms with Crippen LogP contribution in [0.4, 0.5) is 5.69 Å². The van der Waals surface area contributed by atoms with Gasteiger partial charge in [-0.15, -0.1) is 24.0 Å². The molecule has 0 radical (unpaired) electrons. The maximum Gasteiger partial charge on any atom is 0.305 e. The van der Waals surface area contributed by atoms with Gasteiger partial charge in [-0.3, -0.25) is 9.79 Å². The number of benzene rings is 1. The van der Waals surface area contributed by atoms with Crippen LogP contribution >= 0.6 is 24.0 Å². The fraction of sp³-hybridized carbons (Fsp3) is 0.619. The summed E-state index contributed by atoms with van der Waals surface area (Å²) in [7, 11) is 3.22. The number of halogens is 1. The summed E-state index contributed by atoms with van der Waals surface area (Å²) in [4.78, 5) is 17.9. The lowest BCUT2D eigenvalue weighted by Crippen LogP contribution is -2.39. The van der Waals surface area contributed by atoms with Gasteiger partial charge in [0.2, 0.25) is 0 Å². The zero-order valence-corrected chi connectivity index (χ0v) is 19.7. The minimum Gasteiger partial charge on any atom is -0.469 e. The van der Waals surface area contributed by atoms with Crippen LogP contribution in [0.1, 0.15) is 57.1 Å². The van der Waals surface area contributed by atoms with Crippen molar-refractivity contribution in [1.29, 1.82) is 0 Å². The molecule has 1 aliphatic heterocycles. The molecule has 2 N–H and O–H groups in total. The van der Waals surface area contributed by atoms with Gasteiger partial charge in [0, 0.05) is 38.8 Å². The number of hydrogen-bond acceptors (Lipinski definition) is 4. The molecule has 0 spiro atoms. The number of rotatable bonds is 9. The summed E-state index contributed by atoms with van der Waals surface area (Å²) < 4.78 is 4.65. The smallest absolute Gasteiger partial charge is 0.305 e. The molecule has 28 heavy (non-hydrogen) atoms. The van der Waals surface area contributed by atoms with Crippen LogP contribution < -0.4 is 15.5 Å². The van der Waals surface area contributed by atoms with Crippen LogP contribution in [0.3, 0.4) is 0 Å². The van der Waals surface area contributed by atoms with Gasteiger partial charge >= 0.3 is 5.97 Å². The lowest BCUT2D eigenvalue weighted by atomic mass is 10.1. The summed E-state index contributed by atoms with van der Waals surface area (Å²) in [6, 6.07) is 8.96. The number of hydrogen-bond donors (Lipinski definition) is 2. The fourth-order valence-electron chi connectivity index (χ4n) is 3.33. The van der Waals surface area contributed by atoms with Crippen LogP contribution in [0.25, 0.3) is 0 Å². The van der Waals surface area contributed by atoms with Crippen molar-refractivity contribution < 1.29 is 9.53 Å². The Morgan fingerprint density at radius 3 is 2.68 bits per heavy atom. The van der Waals surface area contributed by atoms with Crippen molar-refractivity contribution in [3.63, 3.8) is 0 Å². The number of ether oxygens (including phenoxy) is 1. The first-order valence-electron chi connectivity index (χ1n) is 10.0. The number of methoxy groups -OCH3 is 1. The number of nitrogens with zero attached hydrogens (tertiary/aromatic N) is 2. The molecule has 0 saturated carbocycles. The molecule has 1 unspecified atom stereocenters. The second-order valence-electron chi connectivity index (χ2n) is 7.04. The molecule has 158 valence electrons. The summed E-state index contributed by atoms with van der Waals surface area (Å²) in [5, 5.41) is 6.82. The highest BCUT2D eigenvalue weighted by Gasteiger charge is 2.14. The van der Waals surface area contributed by atoms with Gasteiger partial charge in [-0.1, -0.05) is 18.6 Å². The number of aliphatic imine (C=N–C) groups is 1. The van der Waals surface area contributed by atoms with E-state index in [9.17, 15) is 4.79 Å². The van der Waals surface area contributed by atoms with Gasteiger partial charge in [-0.05, 0) is 50.3 Å². The van der Waals surface area contributed by atoms with Crippen LogP contribution in [0.5, 0.6) is 0 Å².